The summed E-state index contributed by atoms with van der Waals surface area (Å²) in [6.45, 7) is 2.16. The molecule has 45 heavy (non-hydrogen) atoms. The summed E-state index contributed by atoms with van der Waals surface area (Å²) in [5, 5.41) is 24.5. The summed E-state index contributed by atoms with van der Waals surface area (Å²) >= 11 is 0. The topological polar surface area (TPSA) is 112 Å². The molecule has 4 aliphatic heterocycles. The van der Waals surface area contributed by atoms with Crippen LogP contribution in [0.25, 0.3) is 0 Å². The Labute approximate surface area is 259 Å². The number of nitrogens with one attached hydrogen (secondary N) is 6. The minimum Gasteiger partial charge on any atom is -0.366 e. The van der Waals surface area contributed by atoms with Crippen LogP contribution in [-0.4, -0.2) is 122 Å². The van der Waals surface area contributed by atoms with Crippen molar-refractivity contribution in [2.75, 3.05) is 40.0 Å². The summed E-state index contributed by atoms with van der Waals surface area (Å²) in [5.41, 5.74) is 2.64. The highest BCUT2D eigenvalue weighted by molar-refractivity contribution is 5.80. The maximum Gasteiger partial charge on any atom is 0.406 e. The maximum atomic E-state index is 13.7. The van der Waals surface area contributed by atoms with Crippen molar-refractivity contribution in [2.45, 2.75) is 113 Å². The van der Waals surface area contributed by atoms with Crippen LogP contribution in [0.3, 0.4) is 0 Å². The molecule has 8 unspecified atom stereocenters. The van der Waals surface area contributed by atoms with Gasteiger partial charge in [-0.3, -0.25) is 21.4 Å². The smallest absolute Gasteiger partial charge is 0.366 e. The van der Waals surface area contributed by atoms with Crippen molar-refractivity contribution in [3.8, 4) is 0 Å². The Morgan fingerprint density at radius 1 is 0.956 bits per heavy atom. The van der Waals surface area contributed by atoms with Crippen LogP contribution in [0.1, 0.15) is 51.9 Å². The molecule has 4 saturated heterocycles. The third-order valence-corrected chi connectivity index (χ3v) is 10.5. The normalized spacial score (nSPS) is 40.3. The molecular weight excluding hydrogens is 608 g/mol. The van der Waals surface area contributed by atoms with Crippen LogP contribution in [0, 0.1) is 23.2 Å². The molecule has 2 saturated carbocycles. The zero-order valence-corrected chi connectivity index (χ0v) is 25.8. The Kier molecular flexibility index (Phi) is 9.81. The van der Waals surface area contributed by atoms with Crippen LogP contribution in [0.5, 0.6) is 0 Å². The molecule has 0 aromatic heterocycles. The molecule has 0 spiro atoms. The Hall–Kier alpha value is -1.47. The molecule has 6 fully saturated rings. The Morgan fingerprint density at radius 2 is 1.69 bits per heavy atom. The highest BCUT2D eigenvalue weighted by Crippen LogP contribution is 2.40. The van der Waals surface area contributed by atoms with Crippen LogP contribution in [0.15, 0.2) is 0 Å². The zero-order chi connectivity index (χ0) is 32.1. The van der Waals surface area contributed by atoms with Gasteiger partial charge in [0.2, 0.25) is 0 Å². The Balaban J connectivity index is 1.14. The molecule has 17 heteroatoms. The van der Waals surface area contributed by atoms with Crippen LogP contribution < -0.4 is 26.7 Å². The summed E-state index contributed by atoms with van der Waals surface area (Å²) < 4.78 is 93.0. The second-order valence-corrected chi connectivity index (χ2v) is 13.4. The molecule has 0 aromatic rings. The largest absolute Gasteiger partial charge is 0.406 e. The number of nitrogens with zero attached hydrogens (tertiary/aromatic N) is 3. The quantitative estimate of drug-likeness (QED) is 0.206. The highest BCUT2D eigenvalue weighted by atomic mass is 19.4. The average molecular weight is 656 g/mol. The second kappa shape index (κ2) is 13.2. The van der Waals surface area contributed by atoms with E-state index in [4.69, 9.17) is 14.9 Å². The van der Waals surface area contributed by atoms with Gasteiger partial charge in [-0.2, -0.15) is 26.3 Å². The molecule has 11 nitrogen and oxygen atoms in total. The van der Waals surface area contributed by atoms with Crippen molar-refractivity contribution in [3.63, 3.8) is 0 Å². The zero-order valence-electron chi connectivity index (χ0n) is 25.8. The van der Waals surface area contributed by atoms with Gasteiger partial charge in [-0.05, 0) is 57.3 Å². The summed E-state index contributed by atoms with van der Waals surface area (Å²) in [7, 11) is 1.65. The molecular formula is C28H47F6N9O2. The van der Waals surface area contributed by atoms with Crippen molar-refractivity contribution in [2.24, 2.45) is 17.8 Å². The van der Waals surface area contributed by atoms with Crippen LogP contribution in [0.4, 0.5) is 26.3 Å². The molecule has 6 aliphatic rings. The predicted molar refractivity (Wildman–Crippen MR) is 152 cm³/mol. The standard InChI is InChI=1S/C28H47F6N9O2/c1-3-45-20-10-19(28(32,33)34)40-43(20)17-8-4-15(5-9-17)12-41-24-18(42(26(41)35)13-27(29,30)31)11-36-23(39-24)21-22(16-6-7-16)37-14-38-25(21)44-2/h15-25,35-40H,3-14H2,1-2H3. The lowest BCUT2D eigenvalue weighted by atomic mass is 9.85. The number of methoxy groups -OCH3 is 1. The predicted octanol–water partition coefficient (Wildman–Crippen LogP) is 1.89. The van der Waals surface area contributed by atoms with E-state index in [1.807, 2.05) is 0 Å². The first-order chi connectivity index (χ1) is 21.4. The monoisotopic (exact) mass is 655 g/mol. The maximum absolute atomic E-state index is 13.7. The van der Waals surface area contributed by atoms with Crippen molar-refractivity contribution in [1.29, 1.82) is 5.41 Å². The fourth-order valence-corrected chi connectivity index (χ4v) is 8.28. The SMILES string of the molecule is CCOC1CC(C(F)(F)F)NN1C1CCC(CN2C(=N)N(CC(F)(F)F)C3CNC(C4C(OC)NCNC4C4CC4)NC32)CC1. The van der Waals surface area contributed by atoms with Crippen LogP contribution in [-0.2, 0) is 9.47 Å². The molecule has 0 radical (unpaired) electrons. The van der Waals surface area contributed by atoms with Crippen molar-refractivity contribution >= 4 is 5.96 Å². The van der Waals surface area contributed by atoms with E-state index in [1.54, 1.807) is 23.9 Å². The molecule has 6 rings (SSSR count). The molecule has 2 aliphatic carbocycles. The molecule has 0 aromatic carbocycles. The number of ether oxygens (including phenoxy) is 2. The molecule has 258 valence electrons. The van der Waals surface area contributed by atoms with Gasteiger partial charge in [-0.15, -0.1) is 0 Å². The first-order valence-corrected chi connectivity index (χ1v) is 16.3. The van der Waals surface area contributed by atoms with Crippen LogP contribution >= 0.6 is 0 Å². The van der Waals surface area contributed by atoms with Gasteiger partial charge in [0, 0.05) is 57.9 Å². The number of halogens is 6. The van der Waals surface area contributed by atoms with Gasteiger partial charge in [-0.1, -0.05) is 0 Å². The number of hydrogen-bond donors (Lipinski definition) is 6. The summed E-state index contributed by atoms with van der Waals surface area (Å²) in [6, 6.07) is -2.20. The van der Waals surface area contributed by atoms with E-state index in [-0.39, 0.29) is 55.2 Å². The Bertz CT molecular complexity index is 1030. The van der Waals surface area contributed by atoms with Crippen molar-refractivity contribution in [1.82, 2.24) is 41.5 Å². The van der Waals surface area contributed by atoms with E-state index in [0.717, 1.165) is 17.7 Å². The fourth-order valence-electron chi connectivity index (χ4n) is 8.28. The van der Waals surface area contributed by atoms with Crippen LogP contribution in [0.2, 0.25) is 0 Å². The first kappa shape index (κ1) is 33.4. The average Bonchev–Trinajstić information content (AvgIpc) is 3.71. The highest BCUT2D eigenvalue weighted by Gasteiger charge is 2.54. The van der Waals surface area contributed by atoms with E-state index >= 15 is 0 Å². The minimum absolute atomic E-state index is 0.0212. The lowest BCUT2D eigenvalue weighted by Crippen LogP contribution is -2.73. The third-order valence-electron chi connectivity index (χ3n) is 10.5. The van der Waals surface area contributed by atoms with E-state index < -0.39 is 43.4 Å². The van der Waals surface area contributed by atoms with E-state index in [2.05, 4.69) is 26.7 Å². The molecule has 8 atom stereocenters. The van der Waals surface area contributed by atoms with E-state index in [1.165, 1.54) is 0 Å². The molecule has 6 N–H and O–H groups in total. The lowest BCUT2D eigenvalue weighted by molar-refractivity contribution is -0.158. The number of alkyl halides is 6. The van der Waals surface area contributed by atoms with Gasteiger partial charge < -0.3 is 24.6 Å². The van der Waals surface area contributed by atoms with Gasteiger partial charge >= 0.3 is 12.4 Å². The molecule has 4 heterocycles. The van der Waals surface area contributed by atoms with Gasteiger partial charge in [0.05, 0.1) is 12.2 Å². The van der Waals surface area contributed by atoms with Gasteiger partial charge in [0.1, 0.15) is 31.2 Å². The van der Waals surface area contributed by atoms with Gasteiger partial charge in [0.25, 0.3) is 0 Å². The lowest BCUT2D eigenvalue weighted by Gasteiger charge is -2.48. The summed E-state index contributed by atoms with van der Waals surface area (Å²) in [6.07, 6.45) is -5.80. The van der Waals surface area contributed by atoms with Gasteiger partial charge in [0.15, 0.2) is 5.96 Å². The fraction of sp³-hybridized carbons (Fsp3) is 0.964. The number of hydrazine groups is 1. The molecule has 0 bridgehead atoms. The number of rotatable bonds is 9. The number of hydrogen-bond acceptors (Lipinski definition) is 9. The summed E-state index contributed by atoms with van der Waals surface area (Å²) in [5.74, 6) is 0.433. The number of guanidine groups is 1. The minimum atomic E-state index is -4.47. The summed E-state index contributed by atoms with van der Waals surface area (Å²) in [4.78, 5) is 2.93. The number of fused-ring (bicyclic) bond motifs is 1. The Morgan fingerprint density at radius 3 is 2.31 bits per heavy atom. The van der Waals surface area contributed by atoms with Crippen molar-refractivity contribution in [3.05, 3.63) is 0 Å². The third kappa shape index (κ3) is 7.20. The van der Waals surface area contributed by atoms with Gasteiger partial charge in [-0.25, -0.2) is 10.4 Å². The van der Waals surface area contributed by atoms with E-state index in [0.29, 0.717) is 51.4 Å². The first-order valence-electron chi connectivity index (χ1n) is 16.3. The molecule has 0 amide bonds. The van der Waals surface area contributed by atoms with E-state index in [9.17, 15) is 26.3 Å². The second-order valence-electron chi connectivity index (χ2n) is 13.4. The van der Waals surface area contributed by atoms with Crippen molar-refractivity contribution < 1.29 is 35.8 Å².